The number of halogens is 1. The number of esters is 1. The van der Waals surface area contributed by atoms with E-state index >= 15 is 0 Å². The third kappa shape index (κ3) is 6.71. The van der Waals surface area contributed by atoms with Crippen LogP contribution in [0.5, 0.6) is 0 Å². The van der Waals surface area contributed by atoms with E-state index in [4.69, 9.17) is 9.47 Å². The predicted molar refractivity (Wildman–Crippen MR) is 226 cm³/mol. The summed E-state index contributed by atoms with van der Waals surface area (Å²) in [7, 11) is 0. The molecule has 1 aliphatic heterocycles. The quantitative estimate of drug-likeness (QED) is 0.253. The monoisotopic (exact) mass is 784 g/mol. The summed E-state index contributed by atoms with van der Waals surface area (Å²) in [4.78, 5) is 27.3. The lowest BCUT2D eigenvalue weighted by Crippen LogP contribution is -2.68. The first-order valence-corrected chi connectivity index (χ1v) is 23.2. The normalized spacial score (nSPS) is 41.5. The first-order valence-electron chi connectivity index (χ1n) is 23.2. The van der Waals surface area contributed by atoms with Crippen molar-refractivity contribution in [3.05, 3.63) is 59.2 Å². The molecule has 1 saturated heterocycles. The zero-order valence-electron chi connectivity index (χ0n) is 36.5. The molecule has 1 amide bonds. The summed E-state index contributed by atoms with van der Waals surface area (Å²) < 4.78 is 26.1. The van der Waals surface area contributed by atoms with E-state index in [1.54, 1.807) is 0 Å². The smallest absolute Gasteiger partial charge is 0.315 e. The zero-order valence-corrected chi connectivity index (χ0v) is 36.5. The van der Waals surface area contributed by atoms with Crippen molar-refractivity contribution in [1.82, 2.24) is 5.32 Å². The number of hydrogen-bond acceptors (Lipinski definition) is 4. The highest BCUT2D eigenvalue weighted by Gasteiger charge is 2.71. The molecule has 0 unspecified atom stereocenters. The number of benzene rings is 1. The Morgan fingerprint density at radius 2 is 1.60 bits per heavy atom. The molecule has 1 N–H and O–H groups in total. The second kappa shape index (κ2) is 15.2. The highest BCUT2D eigenvalue weighted by molar-refractivity contribution is 5.78. The van der Waals surface area contributed by atoms with Crippen LogP contribution in [0.2, 0.25) is 0 Å². The molecule has 0 radical (unpaired) electrons. The second-order valence-corrected chi connectivity index (χ2v) is 22.1. The van der Waals surface area contributed by atoms with Crippen LogP contribution in [0.25, 0.3) is 0 Å². The van der Waals surface area contributed by atoms with Gasteiger partial charge in [-0.3, -0.25) is 9.59 Å². The van der Waals surface area contributed by atoms with Gasteiger partial charge in [0.25, 0.3) is 0 Å². The lowest BCUT2D eigenvalue weighted by Gasteiger charge is -2.72. The number of nitrogens with one attached hydrogen (secondary N) is 1. The van der Waals surface area contributed by atoms with Gasteiger partial charge in [0.1, 0.15) is 13.3 Å². The molecule has 1 heterocycles. The van der Waals surface area contributed by atoms with Crippen molar-refractivity contribution in [1.29, 1.82) is 0 Å². The van der Waals surface area contributed by atoms with Crippen LogP contribution in [0.4, 0.5) is 4.39 Å². The molecule has 1 aromatic rings. The number of amides is 1. The van der Waals surface area contributed by atoms with E-state index in [0.29, 0.717) is 66.6 Å². The Morgan fingerprint density at radius 3 is 2.28 bits per heavy atom. The first kappa shape index (κ1) is 41.3. The highest BCUT2D eigenvalue weighted by Crippen LogP contribution is 2.76. The maximum atomic E-state index is 14.8. The molecule has 0 spiro atoms. The second-order valence-electron chi connectivity index (χ2n) is 22.1. The van der Waals surface area contributed by atoms with E-state index in [1.807, 2.05) is 30.3 Å². The minimum atomic E-state index is -1.09. The number of rotatable bonds is 9. The third-order valence-electron chi connectivity index (χ3n) is 19.0. The van der Waals surface area contributed by atoms with Crippen molar-refractivity contribution in [2.24, 2.45) is 68.5 Å². The van der Waals surface area contributed by atoms with Gasteiger partial charge in [0, 0.05) is 25.2 Å². The van der Waals surface area contributed by atoms with E-state index in [-0.39, 0.29) is 33.8 Å². The Kier molecular flexibility index (Phi) is 11.0. The topological polar surface area (TPSA) is 64.6 Å². The van der Waals surface area contributed by atoms with E-state index < -0.39 is 18.1 Å². The Bertz CT molecular complexity index is 1730. The van der Waals surface area contributed by atoms with E-state index in [0.717, 1.165) is 57.3 Å². The van der Waals surface area contributed by atoms with Crippen LogP contribution in [0.3, 0.4) is 0 Å². The van der Waals surface area contributed by atoms with Crippen LogP contribution < -0.4 is 5.32 Å². The molecule has 7 aliphatic rings. The van der Waals surface area contributed by atoms with Crippen molar-refractivity contribution < 1.29 is 23.5 Å². The predicted octanol–water partition coefficient (Wildman–Crippen LogP) is 11.8. The lowest BCUT2D eigenvalue weighted by molar-refractivity contribution is -0.223. The van der Waals surface area contributed by atoms with Crippen molar-refractivity contribution in [2.75, 3.05) is 19.9 Å². The minimum Gasteiger partial charge on any atom is -0.460 e. The minimum absolute atomic E-state index is 0.00784. The van der Waals surface area contributed by atoms with Gasteiger partial charge in [-0.05, 0) is 170 Å². The third-order valence-corrected chi connectivity index (χ3v) is 19.0. The maximum absolute atomic E-state index is 14.8. The number of hydrogen-bond donors (Lipinski definition) is 1. The van der Waals surface area contributed by atoms with E-state index in [1.165, 1.54) is 49.7 Å². The maximum Gasteiger partial charge on any atom is 0.315 e. The Hall–Kier alpha value is -2.47. The molecule has 314 valence electrons. The van der Waals surface area contributed by atoms with Crippen LogP contribution in [0.1, 0.15) is 150 Å². The fraction of sp³-hybridized carbons (Fsp3) is 0.765. The summed E-state index contributed by atoms with van der Waals surface area (Å²) in [6.07, 6.45) is 19.9. The number of carbonyl (C=O) groups excluding carboxylic acids is 2. The Morgan fingerprint density at radius 1 is 0.842 bits per heavy atom. The first-order chi connectivity index (χ1) is 27.1. The van der Waals surface area contributed by atoms with Crippen LogP contribution in [-0.2, 0) is 25.7 Å². The number of carbonyl (C=O) groups is 2. The van der Waals surface area contributed by atoms with Gasteiger partial charge in [-0.15, -0.1) is 0 Å². The number of allylic oxidation sites excluding steroid dienone is 4. The largest absolute Gasteiger partial charge is 0.460 e. The molecular formula is C51H74FNO4. The van der Waals surface area contributed by atoms with Gasteiger partial charge in [-0.1, -0.05) is 91.0 Å². The van der Waals surface area contributed by atoms with E-state index in [2.05, 4.69) is 65.9 Å². The molecule has 8 rings (SSSR count). The average molecular weight is 784 g/mol. The van der Waals surface area contributed by atoms with Crippen molar-refractivity contribution in [2.45, 2.75) is 157 Å². The Balaban J connectivity index is 1.01. The summed E-state index contributed by atoms with van der Waals surface area (Å²) in [5.41, 5.74) is 3.24. The number of fused-ring (bicyclic) bond motifs is 7. The summed E-state index contributed by atoms with van der Waals surface area (Å²) >= 11 is 0. The van der Waals surface area contributed by atoms with Crippen molar-refractivity contribution in [3.63, 3.8) is 0 Å². The number of ether oxygens (including phenoxy) is 2. The van der Waals surface area contributed by atoms with Crippen LogP contribution >= 0.6 is 0 Å². The standard InChI is InChI=1S/C51H74FNO4/c1-34(2)38-17-26-51(53-43(54)31-35-20-29-56-30-21-35)28-27-48(6)40(44(38)51)13-14-42-47(5)22-18-39(46(3,4)41(47)19-23-49(42,48)7)37-15-24-50(33-52,25-16-37)45(55)57-32-36-11-9-8-10-12-36/h8-12,15,18,34-35,38,40-42,44H,13-14,16-17,19-33H2,1-7H3,(H,53,54)/t38-,40+,41-,42+,44+,47-,48+,49+,50-,51-/m0/s1. The molecule has 5 nitrogen and oxygen atoms in total. The molecule has 6 aliphatic carbocycles. The van der Waals surface area contributed by atoms with Crippen molar-refractivity contribution in [3.8, 4) is 0 Å². The van der Waals surface area contributed by atoms with Gasteiger partial charge in [0.2, 0.25) is 5.91 Å². The average Bonchev–Trinajstić information content (AvgIpc) is 3.57. The molecule has 1 aromatic carbocycles. The van der Waals surface area contributed by atoms with Crippen LogP contribution in [0, 0.1) is 68.5 Å². The molecule has 5 fully saturated rings. The zero-order chi connectivity index (χ0) is 40.4. The lowest BCUT2D eigenvalue weighted by atomic mass is 9.32. The van der Waals surface area contributed by atoms with Gasteiger partial charge in [-0.25, -0.2) is 4.39 Å². The Labute approximate surface area is 344 Å². The van der Waals surface area contributed by atoms with Crippen LogP contribution in [-0.4, -0.2) is 37.3 Å². The molecule has 6 heteroatoms. The van der Waals surface area contributed by atoms with Gasteiger partial charge >= 0.3 is 5.97 Å². The number of alkyl halides is 1. The summed E-state index contributed by atoms with van der Waals surface area (Å²) in [6, 6.07) is 9.69. The summed E-state index contributed by atoms with van der Waals surface area (Å²) in [5.74, 6) is 4.04. The molecule has 0 aromatic heterocycles. The van der Waals surface area contributed by atoms with Gasteiger partial charge in [0.05, 0.1) is 5.41 Å². The van der Waals surface area contributed by atoms with E-state index in [9.17, 15) is 14.0 Å². The molecule has 57 heavy (non-hydrogen) atoms. The molecular weight excluding hydrogens is 710 g/mol. The molecule has 4 saturated carbocycles. The molecule has 0 bridgehead atoms. The SMILES string of the molecule is CC(C)[C@@H]1CC[C@]2(NC(=O)CC3CCOCC3)CC[C@]3(C)[C@H](CC[C@@H]4[C@@]5(C)CC=C(C6=CC[C@](CF)(C(=O)OCc7ccccc7)CC6)C(C)(C)[C@@H]5CC[C@]43C)[C@@H]12. The van der Waals surface area contributed by atoms with Crippen LogP contribution in [0.15, 0.2) is 53.6 Å². The summed E-state index contributed by atoms with van der Waals surface area (Å²) in [5, 5.41) is 3.85. The van der Waals surface area contributed by atoms with Gasteiger partial charge in [0.15, 0.2) is 0 Å². The fourth-order valence-corrected chi connectivity index (χ4v) is 15.7. The van der Waals surface area contributed by atoms with Gasteiger partial charge in [-0.2, -0.15) is 0 Å². The summed E-state index contributed by atoms with van der Waals surface area (Å²) in [6.45, 7) is 19.0. The molecule has 10 atom stereocenters. The fourth-order valence-electron chi connectivity index (χ4n) is 15.7. The van der Waals surface area contributed by atoms with Gasteiger partial charge < -0.3 is 14.8 Å². The highest BCUT2D eigenvalue weighted by atomic mass is 19.1. The van der Waals surface area contributed by atoms with Crippen molar-refractivity contribution >= 4 is 11.9 Å².